The van der Waals surface area contributed by atoms with Gasteiger partial charge in [0.2, 0.25) is 0 Å². The zero-order valence-electron chi connectivity index (χ0n) is 35.4. The van der Waals surface area contributed by atoms with E-state index >= 15 is 0 Å². The second-order valence-electron chi connectivity index (χ2n) is 16.0. The highest BCUT2D eigenvalue weighted by atomic mass is 31.1. The van der Waals surface area contributed by atoms with Crippen LogP contribution in [0.15, 0.2) is 128 Å². The first kappa shape index (κ1) is 45.6. The molecule has 0 aliphatic carbocycles. The van der Waals surface area contributed by atoms with Crippen molar-refractivity contribution in [3.63, 3.8) is 0 Å². The molecule has 4 aromatic carbocycles. The first-order chi connectivity index (χ1) is 28.8. The molecule has 61 heavy (non-hydrogen) atoms. The van der Waals surface area contributed by atoms with Gasteiger partial charge in [0, 0.05) is 16.3 Å². The predicted molar refractivity (Wildman–Crippen MR) is 242 cm³/mol. The van der Waals surface area contributed by atoms with E-state index in [2.05, 4.69) is 49.1 Å². The van der Waals surface area contributed by atoms with Gasteiger partial charge in [0.1, 0.15) is 47.1 Å². The molecule has 7 rings (SSSR count). The Kier molecular flexibility index (Phi) is 14.2. The summed E-state index contributed by atoms with van der Waals surface area (Å²) in [5.41, 5.74) is 2.13. The van der Waals surface area contributed by atoms with Gasteiger partial charge >= 0.3 is 8.25 Å². The summed E-state index contributed by atoms with van der Waals surface area (Å²) in [6, 6.07) is 35.8. The Labute approximate surface area is 361 Å². The van der Waals surface area contributed by atoms with Gasteiger partial charge < -0.3 is 33.3 Å². The van der Waals surface area contributed by atoms with Crippen molar-refractivity contribution in [1.29, 1.82) is 0 Å². The van der Waals surface area contributed by atoms with Gasteiger partial charge in [0.15, 0.2) is 20.6 Å². The van der Waals surface area contributed by atoms with Gasteiger partial charge in [-0.25, -0.2) is 9.97 Å². The third-order valence-corrected chi connectivity index (χ3v) is 16.3. The number of benzene rings is 4. The smallest absolute Gasteiger partial charge is 0.497 e. The van der Waals surface area contributed by atoms with Crippen LogP contribution in [0.5, 0.6) is 11.5 Å². The number of hydrogen-bond acceptors (Lipinski definition) is 10. The maximum atomic E-state index is 13.2. The van der Waals surface area contributed by atoms with E-state index in [4.69, 9.17) is 27.9 Å². The van der Waals surface area contributed by atoms with Gasteiger partial charge in [0.25, 0.3) is 5.91 Å². The number of aromatic nitrogens is 3. The highest BCUT2D eigenvalue weighted by Crippen LogP contribution is 2.47. The fraction of sp³-hybridized carbons (Fsp3) is 0.311. The van der Waals surface area contributed by atoms with Crippen LogP contribution < -0.4 is 14.8 Å². The van der Waals surface area contributed by atoms with E-state index in [1.165, 1.54) is 6.33 Å². The van der Waals surface area contributed by atoms with E-state index in [9.17, 15) is 14.3 Å². The molecule has 13 nitrogen and oxygen atoms in total. The lowest BCUT2D eigenvalue weighted by Gasteiger charge is -2.40. The summed E-state index contributed by atoms with van der Waals surface area (Å²) in [6.45, 7) is 10.4. The van der Waals surface area contributed by atoms with Gasteiger partial charge in [-0.3, -0.25) is 4.79 Å². The minimum Gasteiger partial charge on any atom is -0.497 e. The monoisotopic (exact) mass is 883 g/mol. The van der Waals surface area contributed by atoms with Crippen molar-refractivity contribution in [3.05, 3.63) is 150 Å². The number of anilines is 1. The van der Waals surface area contributed by atoms with Crippen molar-refractivity contribution >= 4 is 49.2 Å². The van der Waals surface area contributed by atoms with E-state index in [0.717, 1.165) is 16.7 Å². The van der Waals surface area contributed by atoms with Crippen molar-refractivity contribution in [2.24, 2.45) is 0 Å². The van der Waals surface area contributed by atoms with E-state index in [-0.39, 0.29) is 27.5 Å². The fourth-order valence-electron chi connectivity index (χ4n) is 7.27. The summed E-state index contributed by atoms with van der Waals surface area (Å²) in [5, 5.41) is 3.22. The van der Waals surface area contributed by atoms with Crippen LogP contribution in [0.2, 0.25) is 18.1 Å². The molecular formula is C45H53N4O9P2Si+. The Morgan fingerprint density at radius 1 is 0.820 bits per heavy atom. The summed E-state index contributed by atoms with van der Waals surface area (Å²) in [5.74, 6) is 1.33. The number of ether oxygens (including phenoxy) is 4. The second-order valence-corrected chi connectivity index (χ2v) is 21.5. The molecule has 1 aliphatic rings. The van der Waals surface area contributed by atoms with Crippen LogP contribution in [0.3, 0.4) is 0 Å². The number of carbonyl (C=O) groups excluding carboxylic acids is 1. The molecule has 1 amide bonds. The largest absolute Gasteiger partial charge is 0.695 e. The van der Waals surface area contributed by atoms with Crippen molar-refractivity contribution < 1.29 is 42.2 Å². The normalized spacial score (nSPS) is 18.3. The first-order valence-electron chi connectivity index (χ1n) is 19.6. The summed E-state index contributed by atoms with van der Waals surface area (Å²) >= 11 is 0. The summed E-state index contributed by atoms with van der Waals surface area (Å²) < 4.78 is 52.8. The third kappa shape index (κ3) is 9.47. The SMILES string of the molecule is COc1ccc(C(OC[C@H]2O[C@@H](n3ccc4c(NC(=O)c5ccccc5)ncnc43)[C@H](O[Si](C)(C)C(C)(C)C)[C@@H]2O[P+](=O)O)(c2ccccc2)c2ccc(OC)cc2)cc1.P. The maximum absolute atomic E-state index is 13.2. The lowest BCUT2D eigenvalue weighted by Crippen LogP contribution is -2.49. The Morgan fingerprint density at radius 3 is 1.92 bits per heavy atom. The molecular weight excluding hydrogens is 831 g/mol. The lowest BCUT2D eigenvalue weighted by atomic mass is 9.80. The Hall–Kier alpha value is -4.88. The number of hydrogen-bond donors (Lipinski definition) is 2. The Bertz CT molecular complexity index is 2370. The van der Waals surface area contributed by atoms with E-state index in [1.54, 1.807) is 55.3 Å². The highest BCUT2D eigenvalue weighted by Gasteiger charge is 2.56. The molecule has 0 radical (unpaired) electrons. The molecule has 2 N–H and O–H groups in total. The quantitative estimate of drug-likeness (QED) is 0.0577. The molecule has 1 saturated heterocycles. The molecule has 6 aromatic rings. The van der Waals surface area contributed by atoms with Crippen LogP contribution in [0.1, 0.15) is 54.0 Å². The molecule has 0 spiro atoms. The van der Waals surface area contributed by atoms with Crippen LogP contribution in [-0.4, -0.2) is 72.8 Å². The number of rotatable bonds is 15. The van der Waals surface area contributed by atoms with Crippen LogP contribution in [0, 0.1) is 0 Å². The number of fused-ring (bicyclic) bond motifs is 1. The Balaban J connectivity index is 0.00000622. The molecule has 2 aromatic heterocycles. The molecule has 3 heterocycles. The molecule has 1 fully saturated rings. The molecule has 0 saturated carbocycles. The average Bonchev–Trinajstić information content (AvgIpc) is 3.82. The lowest BCUT2D eigenvalue weighted by molar-refractivity contribution is -0.0919. The van der Waals surface area contributed by atoms with E-state index in [1.807, 2.05) is 84.9 Å². The topological polar surface area (TPSA) is 152 Å². The number of nitrogens with zero attached hydrogens (tertiary/aromatic N) is 3. The van der Waals surface area contributed by atoms with Gasteiger partial charge in [-0.2, -0.15) is 9.90 Å². The zero-order valence-corrected chi connectivity index (χ0v) is 38.7. The molecule has 16 heteroatoms. The van der Waals surface area contributed by atoms with Crippen molar-refractivity contribution in [1.82, 2.24) is 14.5 Å². The number of nitrogens with one attached hydrogen (secondary N) is 1. The number of methoxy groups -OCH3 is 2. The van der Waals surface area contributed by atoms with Gasteiger partial charge in [0.05, 0.1) is 26.2 Å². The van der Waals surface area contributed by atoms with Crippen molar-refractivity contribution in [2.45, 2.75) is 69.0 Å². The minimum atomic E-state index is -3.12. The third-order valence-electron chi connectivity index (χ3n) is 11.4. The standard InChI is InChI=1S/C45H49N4O9PSi.H3P/c1-44(2,3)60(6,7)58-39-38(57-59(51)52)37(56-43(39)49-27-26-36-40(46-29-47-41(36)49)48-42(50)30-14-10-8-11-15-30)28-55-45(31-16-12-9-13-17-31,32-18-22-34(53-4)23-19-32)33-20-24-35(54-5)25-21-33;/h8-27,29,37-39,43H,28H2,1-7H3,(H-,46,47,48,50,51,52);1H3/p+1/t37-,38-,39-,43-;/m1./s1. The molecule has 0 bridgehead atoms. The summed E-state index contributed by atoms with van der Waals surface area (Å²) in [6.07, 6.45) is -0.666. The summed E-state index contributed by atoms with van der Waals surface area (Å²) in [4.78, 5) is 32.7. The second kappa shape index (κ2) is 19.0. The van der Waals surface area contributed by atoms with Crippen LogP contribution in [-0.2, 0) is 28.6 Å². The molecule has 1 aliphatic heterocycles. The van der Waals surface area contributed by atoms with Crippen molar-refractivity contribution in [2.75, 3.05) is 26.1 Å². The number of amides is 1. The fourth-order valence-corrected chi connectivity index (χ4v) is 9.02. The van der Waals surface area contributed by atoms with E-state index < -0.39 is 46.7 Å². The molecule has 6 atom stereocenters. The Morgan fingerprint density at radius 2 is 1.38 bits per heavy atom. The average molecular weight is 884 g/mol. The first-order valence-corrected chi connectivity index (χ1v) is 23.6. The van der Waals surface area contributed by atoms with Gasteiger partial charge in [-0.05, 0) is 77.3 Å². The van der Waals surface area contributed by atoms with Gasteiger partial charge in [-0.1, -0.05) is 93.6 Å². The predicted octanol–water partition coefficient (Wildman–Crippen LogP) is 9.09. The zero-order chi connectivity index (χ0) is 42.7. The van der Waals surface area contributed by atoms with Crippen LogP contribution in [0.4, 0.5) is 5.82 Å². The van der Waals surface area contributed by atoms with Crippen LogP contribution >= 0.6 is 18.2 Å². The van der Waals surface area contributed by atoms with Crippen molar-refractivity contribution in [3.8, 4) is 11.5 Å². The van der Waals surface area contributed by atoms with Gasteiger partial charge in [-0.15, -0.1) is 9.42 Å². The molecule has 320 valence electrons. The maximum Gasteiger partial charge on any atom is 0.695 e. The van der Waals surface area contributed by atoms with Crippen LogP contribution in [0.25, 0.3) is 11.0 Å². The molecule has 2 unspecified atom stereocenters. The van der Waals surface area contributed by atoms with E-state index in [0.29, 0.717) is 33.9 Å². The highest BCUT2D eigenvalue weighted by molar-refractivity contribution is 7.32. The minimum absolute atomic E-state index is 0. The summed E-state index contributed by atoms with van der Waals surface area (Å²) in [7, 11) is -2.52. The number of carbonyl (C=O) groups is 1.